The zero-order chi connectivity index (χ0) is 11.7. The third-order valence-electron chi connectivity index (χ3n) is 3.51. The molecule has 0 spiro atoms. The second kappa shape index (κ2) is 4.45. The van der Waals surface area contributed by atoms with Crippen molar-refractivity contribution in [3.05, 3.63) is 24.2 Å². The minimum absolute atomic E-state index is 0.761. The van der Waals surface area contributed by atoms with Gasteiger partial charge in [-0.15, -0.1) is 0 Å². The third kappa shape index (κ3) is 2.17. The number of aromatic nitrogens is 3. The van der Waals surface area contributed by atoms with Gasteiger partial charge < -0.3 is 9.88 Å². The van der Waals surface area contributed by atoms with Gasteiger partial charge in [-0.05, 0) is 50.4 Å². The van der Waals surface area contributed by atoms with Crippen molar-refractivity contribution in [1.29, 1.82) is 0 Å². The van der Waals surface area contributed by atoms with Gasteiger partial charge in [0.25, 0.3) is 0 Å². The van der Waals surface area contributed by atoms with Gasteiger partial charge in [0.1, 0.15) is 5.52 Å². The van der Waals surface area contributed by atoms with E-state index in [2.05, 4.69) is 32.8 Å². The number of pyridine rings is 1. The zero-order valence-electron chi connectivity index (χ0n) is 10.2. The molecule has 1 fully saturated rings. The predicted molar refractivity (Wildman–Crippen MR) is 67.9 cm³/mol. The SMILES string of the molecule is Cc1cnc2c(c1)ncn2CC1CCNCC1. The fourth-order valence-electron chi connectivity index (χ4n) is 2.53. The maximum Gasteiger partial charge on any atom is 0.159 e. The van der Waals surface area contributed by atoms with Crippen LogP contribution in [0.25, 0.3) is 11.2 Å². The first-order valence-electron chi connectivity index (χ1n) is 6.31. The van der Waals surface area contributed by atoms with E-state index in [1.54, 1.807) is 0 Å². The molecule has 1 aliphatic heterocycles. The van der Waals surface area contributed by atoms with Crippen molar-refractivity contribution in [3.63, 3.8) is 0 Å². The van der Waals surface area contributed by atoms with Crippen LogP contribution in [0.3, 0.4) is 0 Å². The summed E-state index contributed by atoms with van der Waals surface area (Å²) in [7, 11) is 0. The molecule has 3 heterocycles. The van der Waals surface area contributed by atoms with Gasteiger partial charge in [-0.1, -0.05) is 0 Å². The largest absolute Gasteiger partial charge is 0.317 e. The molecule has 0 bridgehead atoms. The van der Waals surface area contributed by atoms with Crippen molar-refractivity contribution >= 4 is 11.2 Å². The first kappa shape index (κ1) is 10.7. The highest BCUT2D eigenvalue weighted by atomic mass is 15.1. The van der Waals surface area contributed by atoms with E-state index in [0.29, 0.717) is 0 Å². The molecule has 0 saturated carbocycles. The Balaban J connectivity index is 1.84. The molecule has 0 aromatic carbocycles. The summed E-state index contributed by atoms with van der Waals surface area (Å²) in [6, 6.07) is 2.10. The summed E-state index contributed by atoms with van der Waals surface area (Å²) in [5.41, 5.74) is 3.21. The topological polar surface area (TPSA) is 42.7 Å². The number of hydrogen-bond donors (Lipinski definition) is 1. The van der Waals surface area contributed by atoms with Crippen molar-refractivity contribution < 1.29 is 0 Å². The number of rotatable bonds is 2. The van der Waals surface area contributed by atoms with Crippen LogP contribution in [-0.4, -0.2) is 27.6 Å². The van der Waals surface area contributed by atoms with Gasteiger partial charge in [0.05, 0.1) is 6.33 Å². The van der Waals surface area contributed by atoms with E-state index in [0.717, 1.165) is 36.7 Å². The van der Waals surface area contributed by atoms with E-state index in [9.17, 15) is 0 Å². The van der Waals surface area contributed by atoms with Crippen molar-refractivity contribution in [3.8, 4) is 0 Å². The van der Waals surface area contributed by atoms with Gasteiger partial charge in [-0.3, -0.25) is 0 Å². The first-order chi connectivity index (χ1) is 8.33. The molecule has 1 N–H and O–H groups in total. The van der Waals surface area contributed by atoms with Crippen LogP contribution in [0.2, 0.25) is 0 Å². The summed E-state index contributed by atoms with van der Waals surface area (Å²) in [6.45, 7) is 5.39. The molecule has 2 aromatic rings. The zero-order valence-corrected chi connectivity index (χ0v) is 10.2. The lowest BCUT2D eigenvalue weighted by atomic mass is 9.98. The fraction of sp³-hybridized carbons (Fsp3) is 0.538. The van der Waals surface area contributed by atoms with Crippen LogP contribution < -0.4 is 5.32 Å². The molecule has 17 heavy (non-hydrogen) atoms. The Hall–Kier alpha value is -1.42. The van der Waals surface area contributed by atoms with Gasteiger partial charge in [0.2, 0.25) is 0 Å². The maximum atomic E-state index is 4.49. The highest BCUT2D eigenvalue weighted by Crippen LogP contribution is 2.18. The summed E-state index contributed by atoms with van der Waals surface area (Å²) >= 11 is 0. The minimum atomic E-state index is 0.761. The maximum absolute atomic E-state index is 4.49. The predicted octanol–water partition coefficient (Wildman–Crippen LogP) is 1.74. The molecular formula is C13H18N4. The normalized spacial score (nSPS) is 17.7. The summed E-state index contributed by atoms with van der Waals surface area (Å²) < 4.78 is 2.20. The van der Waals surface area contributed by atoms with E-state index >= 15 is 0 Å². The summed E-state index contributed by atoms with van der Waals surface area (Å²) in [5, 5.41) is 3.40. The number of nitrogens with zero attached hydrogens (tertiary/aromatic N) is 3. The number of hydrogen-bond acceptors (Lipinski definition) is 3. The standard InChI is InChI=1S/C13H18N4/c1-10-6-12-13(15-7-10)17(9-16-12)8-11-2-4-14-5-3-11/h6-7,9,11,14H,2-5,8H2,1H3. The molecule has 4 heteroatoms. The van der Waals surface area contributed by atoms with Gasteiger partial charge in [0, 0.05) is 12.7 Å². The first-order valence-corrected chi connectivity index (χ1v) is 6.31. The molecule has 0 radical (unpaired) electrons. The fourth-order valence-corrected chi connectivity index (χ4v) is 2.53. The Kier molecular flexibility index (Phi) is 2.81. The van der Waals surface area contributed by atoms with Gasteiger partial charge in [-0.25, -0.2) is 9.97 Å². The van der Waals surface area contributed by atoms with Crippen LogP contribution >= 0.6 is 0 Å². The van der Waals surface area contributed by atoms with Crippen molar-refractivity contribution in [2.24, 2.45) is 5.92 Å². The average Bonchev–Trinajstić information content (AvgIpc) is 2.73. The second-order valence-corrected chi connectivity index (χ2v) is 4.95. The van der Waals surface area contributed by atoms with Gasteiger partial charge in [-0.2, -0.15) is 0 Å². The molecule has 0 unspecified atom stereocenters. The van der Waals surface area contributed by atoms with E-state index in [1.807, 2.05) is 12.5 Å². The molecule has 3 rings (SSSR count). The number of nitrogens with one attached hydrogen (secondary N) is 1. The summed E-state index contributed by atoms with van der Waals surface area (Å²) in [6.07, 6.45) is 6.36. The average molecular weight is 230 g/mol. The van der Waals surface area contributed by atoms with Crippen molar-refractivity contribution in [2.45, 2.75) is 26.3 Å². The number of imidazole rings is 1. The van der Waals surface area contributed by atoms with Crippen molar-refractivity contribution in [1.82, 2.24) is 19.9 Å². The Morgan fingerprint density at radius 2 is 2.18 bits per heavy atom. The monoisotopic (exact) mass is 230 g/mol. The van der Waals surface area contributed by atoms with E-state index in [-0.39, 0.29) is 0 Å². The summed E-state index contributed by atoms with van der Waals surface area (Å²) in [4.78, 5) is 8.92. The smallest absolute Gasteiger partial charge is 0.159 e. The molecule has 90 valence electrons. The Morgan fingerprint density at radius 1 is 1.35 bits per heavy atom. The lowest BCUT2D eigenvalue weighted by molar-refractivity contribution is 0.335. The van der Waals surface area contributed by atoms with Crippen LogP contribution in [0.15, 0.2) is 18.6 Å². The van der Waals surface area contributed by atoms with Gasteiger partial charge >= 0.3 is 0 Å². The van der Waals surface area contributed by atoms with E-state index in [4.69, 9.17) is 0 Å². The molecule has 1 aliphatic rings. The van der Waals surface area contributed by atoms with Gasteiger partial charge in [0.15, 0.2) is 5.65 Å². The Bertz CT molecular complexity index is 511. The molecular weight excluding hydrogens is 212 g/mol. The number of aryl methyl sites for hydroxylation is 1. The number of piperidine rings is 1. The second-order valence-electron chi connectivity index (χ2n) is 4.95. The van der Waals surface area contributed by atoms with E-state index < -0.39 is 0 Å². The van der Waals surface area contributed by atoms with E-state index in [1.165, 1.54) is 18.4 Å². The highest BCUT2D eigenvalue weighted by molar-refractivity contribution is 5.71. The Morgan fingerprint density at radius 3 is 3.00 bits per heavy atom. The van der Waals surface area contributed by atoms with Crippen LogP contribution in [0, 0.1) is 12.8 Å². The third-order valence-corrected chi connectivity index (χ3v) is 3.51. The molecule has 0 aliphatic carbocycles. The van der Waals surface area contributed by atoms with Crippen LogP contribution in [-0.2, 0) is 6.54 Å². The Labute approximate surface area is 101 Å². The molecule has 2 aromatic heterocycles. The molecule has 0 amide bonds. The lowest BCUT2D eigenvalue weighted by Gasteiger charge is -2.22. The van der Waals surface area contributed by atoms with Crippen molar-refractivity contribution in [2.75, 3.05) is 13.1 Å². The summed E-state index contributed by atoms with van der Waals surface area (Å²) in [5.74, 6) is 0.761. The van der Waals surface area contributed by atoms with Crippen LogP contribution in [0.1, 0.15) is 18.4 Å². The highest BCUT2D eigenvalue weighted by Gasteiger charge is 2.15. The molecule has 0 atom stereocenters. The van der Waals surface area contributed by atoms with Crippen LogP contribution in [0.5, 0.6) is 0 Å². The quantitative estimate of drug-likeness (QED) is 0.854. The molecule has 4 nitrogen and oxygen atoms in total. The number of fused-ring (bicyclic) bond motifs is 1. The minimum Gasteiger partial charge on any atom is -0.317 e. The lowest BCUT2D eigenvalue weighted by Crippen LogP contribution is -2.29. The van der Waals surface area contributed by atoms with Crippen LogP contribution in [0.4, 0.5) is 0 Å². The molecule has 1 saturated heterocycles.